The molecule has 1 N–H and O–H groups in total. The summed E-state index contributed by atoms with van der Waals surface area (Å²) in [5, 5.41) is 0.299. The summed E-state index contributed by atoms with van der Waals surface area (Å²) in [6, 6.07) is 1.47. The third-order valence-electron chi connectivity index (χ3n) is 2.73. The van der Waals surface area contributed by atoms with Crippen LogP contribution in [0.2, 0.25) is 6.04 Å². The first-order valence-electron chi connectivity index (χ1n) is 4.68. The molecule has 3 heteroatoms. The summed E-state index contributed by atoms with van der Waals surface area (Å²) in [4.78, 5) is 5.63. The summed E-state index contributed by atoms with van der Waals surface area (Å²) in [6.45, 7) is 2.25. The highest BCUT2D eigenvalue weighted by molar-refractivity contribution is 6.39. The second-order valence-electron chi connectivity index (χ2n) is 3.40. The lowest BCUT2D eigenvalue weighted by Gasteiger charge is -2.35. The molecule has 0 aromatic heterocycles. The van der Waals surface area contributed by atoms with Gasteiger partial charge in [-0.05, 0) is 12.8 Å². The molecule has 0 aliphatic carbocycles. The standard InChI is InChI=1S/C8H19NOSi/c1-3-8(10-9-2)6-4-5-7-11-8/h9H,3-7,11H2,1-2H3. The van der Waals surface area contributed by atoms with Gasteiger partial charge in [-0.15, -0.1) is 0 Å². The van der Waals surface area contributed by atoms with E-state index in [4.69, 9.17) is 4.84 Å². The van der Waals surface area contributed by atoms with Crippen molar-refractivity contribution in [3.63, 3.8) is 0 Å². The van der Waals surface area contributed by atoms with Gasteiger partial charge in [-0.25, -0.2) is 5.48 Å². The maximum atomic E-state index is 5.63. The molecule has 66 valence electrons. The Morgan fingerprint density at radius 2 is 2.36 bits per heavy atom. The predicted molar refractivity (Wildman–Crippen MR) is 50.4 cm³/mol. The van der Waals surface area contributed by atoms with E-state index in [1.807, 2.05) is 7.05 Å². The van der Waals surface area contributed by atoms with Crippen molar-refractivity contribution < 1.29 is 4.84 Å². The van der Waals surface area contributed by atoms with Gasteiger partial charge in [0.2, 0.25) is 0 Å². The van der Waals surface area contributed by atoms with Crippen LogP contribution in [0.4, 0.5) is 0 Å². The van der Waals surface area contributed by atoms with Crippen molar-refractivity contribution >= 4 is 9.52 Å². The molecule has 1 fully saturated rings. The average molecular weight is 173 g/mol. The first-order chi connectivity index (χ1) is 5.33. The maximum Gasteiger partial charge on any atom is 0.0726 e. The fourth-order valence-corrected chi connectivity index (χ4v) is 4.29. The molecule has 0 saturated carbocycles. The molecular formula is C8H19NOSi. The lowest BCUT2D eigenvalue weighted by atomic mass is 10.1. The summed E-state index contributed by atoms with van der Waals surface area (Å²) in [5.41, 5.74) is 2.86. The highest BCUT2D eigenvalue weighted by Gasteiger charge is 2.31. The number of hydrogen-bond donors (Lipinski definition) is 1. The van der Waals surface area contributed by atoms with Crippen LogP contribution in [0, 0.1) is 0 Å². The molecule has 1 unspecified atom stereocenters. The molecular weight excluding hydrogens is 154 g/mol. The van der Waals surface area contributed by atoms with Crippen LogP contribution in [-0.4, -0.2) is 21.8 Å². The summed E-state index contributed by atoms with van der Waals surface area (Å²) >= 11 is 0. The highest BCUT2D eigenvalue weighted by atomic mass is 28.2. The van der Waals surface area contributed by atoms with Crippen LogP contribution in [0.1, 0.15) is 32.6 Å². The molecule has 1 saturated heterocycles. The third kappa shape index (κ3) is 2.29. The number of nitrogens with one attached hydrogen (secondary N) is 1. The Bertz CT molecular complexity index is 107. The maximum absolute atomic E-state index is 5.63. The van der Waals surface area contributed by atoms with Gasteiger partial charge in [0.1, 0.15) is 0 Å². The topological polar surface area (TPSA) is 21.3 Å². The van der Waals surface area contributed by atoms with Gasteiger partial charge in [0.25, 0.3) is 0 Å². The Balaban J connectivity index is 2.42. The van der Waals surface area contributed by atoms with Crippen LogP contribution in [0.15, 0.2) is 0 Å². The Kier molecular flexibility index (Phi) is 3.55. The smallest absolute Gasteiger partial charge is 0.0726 e. The van der Waals surface area contributed by atoms with Crippen molar-refractivity contribution in [2.24, 2.45) is 0 Å². The van der Waals surface area contributed by atoms with E-state index >= 15 is 0 Å². The van der Waals surface area contributed by atoms with E-state index in [0.29, 0.717) is 5.22 Å². The second kappa shape index (κ2) is 4.23. The highest BCUT2D eigenvalue weighted by Crippen LogP contribution is 2.27. The Labute approximate surface area is 71.5 Å². The molecule has 1 atom stereocenters. The van der Waals surface area contributed by atoms with Crippen molar-refractivity contribution in [1.82, 2.24) is 5.48 Å². The van der Waals surface area contributed by atoms with E-state index in [9.17, 15) is 0 Å². The van der Waals surface area contributed by atoms with Crippen molar-refractivity contribution in [2.75, 3.05) is 7.05 Å². The zero-order valence-corrected chi connectivity index (χ0v) is 9.07. The summed E-state index contributed by atoms with van der Waals surface area (Å²) in [6.07, 6.45) is 5.29. The van der Waals surface area contributed by atoms with Gasteiger partial charge in [-0.3, -0.25) is 4.84 Å². The molecule has 0 aromatic rings. The van der Waals surface area contributed by atoms with E-state index < -0.39 is 0 Å². The minimum absolute atomic E-state index is 0.0199. The molecule has 11 heavy (non-hydrogen) atoms. The predicted octanol–water partition coefficient (Wildman–Crippen LogP) is 1.01. The minimum atomic E-state index is 0.0199. The average Bonchev–Trinajstić information content (AvgIpc) is 2.07. The van der Waals surface area contributed by atoms with Crippen LogP contribution in [0.5, 0.6) is 0 Å². The Morgan fingerprint density at radius 1 is 1.55 bits per heavy atom. The molecule has 0 aromatic carbocycles. The fraction of sp³-hybridized carbons (Fsp3) is 1.00. The lowest BCUT2D eigenvalue weighted by molar-refractivity contribution is -0.0554. The lowest BCUT2D eigenvalue weighted by Crippen LogP contribution is -2.44. The zero-order chi connectivity index (χ0) is 8.16. The van der Waals surface area contributed by atoms with Crippen molar-refractivity contribution in [3.05, 3.63) is 0 Å². The molecule has 0 radical (unpaired) electrons. The van der Waals surface area contributed by atoms with E-state index in [0.717, 1.165) is 0 Å². The van der Waals surface area contributed by atoms with Crippen molar-refractivity contribution in [1.29, 1.82) is 0 Å². The molecule has 0 spiro atoms. The van der Waals surface area contributed by atoms with Crippen molar-refractivity contribution in [3.8, 4) is 0 Å². The van der Waals surface area contributed by atoms with E-state index in [1.54, 1.807) is 0 Å². The Morgan fingerprint density at radius 3 is 2.82 bits per heavy atom. The van der Waals surface area contributed by atoms with Crippen LogP contribution >= 0.6 is 0 Å². The largest absolute Gasteiger partial charge is 0.300 e. The third-order valence-corrected chi connectivity index (χ3v) is 5.49. The number of hydrogen-bond acceptors (Lipinski definition) is 2. The van der Waals surface area contributed by atoms with E-state index in [-0.39, 0.29) is 9.52 Å². The molecule has 2 nitrogen and oxygen atoms in total. The van der Waals surface area contributed by atoms with Gasteiger partial charge >= 0.3 is 0 Å². The summed E-state index contributed by atoms with van der Waals surface area (Å²) in [5.74, 6) is 0. The second-order valence-corrected chi connectivity index (χ2v) is 5.90. The Hall–Kier alpha value is 0.137. The first-order valence-corrected chi connectivity index (χ1v) is 6.38. The summed E-state index contributed by atoms with van der Waals surface area (Å²) < 4.78 is 0. The van der Waals surface area contributed by atoms with Crippen molar-refractivity contribution in [2.45, 2.75) is 43.9 Å². The molecule has 1 aliphatic rings. The fourth-order valence-electron chi connectivity index (χ4n) is 1.94. The van der Waals surface area contributed by atoms with Crippen LogP contribution < -0.4 is 5.48 Å². The van der Waals surface area contributed by atoms with Crippen LogP contribution in [0.25, 0.3) is 0 Å². The van der Waals surface area contributed by atoms with E-state index in [1.165, 1.54) is 31.7 Å². The van der Waals surface area contributed by atoms with Crippen LogP contribution in [0.3, 0.4) is 0 Å². The molecule has 1 rings (SSSR count). The minimum Gasteiger partial charge on any atom is -0.300 e. The number of hydroxylamine groups is 1. The van der Waals surface area contributed by atoms with Gasteiger partial charge in [0.15, 0.2) is 0 Å². The molecule has 0 bridgehead atoms. The van der Waals surface area contributed by atoms with E-state index in [2.05, 4.69) is 12.4 Å². The van der Waals surface area contributed by atoms with Gasteiger partial charge < -0.3 is 0 Å². The summed E-state index contributed by atoms with van der Waals surface area (Å²) in [7, 11) is 1.90. The number of rotatable bonds is 3. The van der Waals surface area contributed by atoms with Gasteiger partial charge in [0.05, 0.1) is 14.7 Å². The normalized spacial score (nSPS) is 34.4. The SMILES string of the molecule is CCC1(ONC)CCCC[SiH2]1. The van der Waals surface area contributed by atoms with Gasteiger partial charge in [-0.2, -0.15) is 0 Å². The van der Waals surface area contributed by atoms with Gasteiger partial charge in [-0.1, -0.05) is 25.8 Å². The first kappa shape index (κ1) is 9.23. The van der Waals surface area contributed by atoms with Gasteiger partial charge in [0, 0.05) is 7.05 Å². The quantitative estimate of drug-likeness (QED) is 0.508. The van der Waals surface area contributed by atoms with Crippen LogP contribution in [-0.2, 0) is 4.84 Å². The monoisotopic (exact) mass is 173 g/mol. The molecule has 1 aliphatic heterocycles. The zero-order valence-electron chi connectivity index (χ0n) is 7.65. The molecule has 1 heterocycles. The molecule has 0 amide bonds.